The van der Waals surface area contributed by atoms with Crippen LogP contribution in [0.5, 0.6) is 0 Å². The van der Waals surface area contributed by atoms with Gasteiger partial charge in [0, 0.05) is 6.20 Å². The third-order valence-electron chi connectivity index (χ3n) is 2.68. The van der Waals surface area contributed by atoms with Gasteiger partial charge in [-0.3, -0.25) is 9.36 Å². The van der Waals surface area contributed by atoms with Crippen molar-refractivity contribution in [3.8, 4) is 0 Å². The van der Waals surface area contributed by atoms with Crippen LogP contribution in [-0.4, -0.2) is 22.6 Å². The van der Waals surface area contributed by atoms with Gasteiger partial charge in [-0.15, -0.1) is 0 Å². The van der Waals surface area contributed by atoms with Crippen LogP contribution in [0.3, 0.4) is 0 Å². The van der Waals surface area contributed by atoms with E-state index in [0.29, 0.717) is 5.56 Å². The van der Waals surface area contributed by atoms with E-state index in [-0.39, 0.29) is 10.3 Å². The quantitative estimate of drug-likeness (QED) is 0.816. The van der Waals surface area contributed by atoms with E-state index in [1.54, 1.807) is 30.3 Å². The Kier molecular flexibility index (Phi) is 4.42. The van der Waals surface area contributed by atoms with Gasteiger partial charge >= 0.3 is 5.97 Å². The number of halogens is 2. The lowest BCUT2D eigenvalue weighted by atomic mass is 10.1. The number of hydrogen-bond acceptors (Lipinski definition) is 4. The molecule has 7 heteroatoms. The number of nitrogens with zero attached hydrogens (tertiary/aromatic N) is 2. The molecule has 0 aliphatic carbocycles. The van der Waals surface area contributed by atoms with E-state index in [1.807, 2.05) is 0 Å². The Morgan fingerprint density at radius 3 is 2.55 bits per heavy atom. The first kappa shape index (κ1) is 14.6. The monoisotopic (exact) mass is 312 g/mol. The highest BCUT2D eigenvalue weighted by molar-refractivity contribution is 6.32. The number of methoxy groups -OCH3 is 1. The van der Waals surface area contributed by atoms with E-state index < -0.39 is 17.6 Å². The van der Waals surface area contributed by atoms with Crippen molar-refractivity contribution < 1.29 is 9.53 Å². The molecule has 0 aliphatic heterocycles. The first-order chi connectivity index (χ1) is 9.54. The fourth-order valence-corrected chi connectivity index (χ4v) is 2.22. The Morgan fingerprint density at radius 1 is 1.30 bits per heavy atom. The molecule has 0 bridgehead atoms. The first-order valence-corrected chi connectivity index (χ1v) is 6.37. The van der Waals surface area contributed by atoms with Crippen molar-refractivity contribution in [3.63, 3.8) is 0 Å². The summed E-state index contributed by atoms with van der Waals surface area (Å²) in [5, 5.41) is -0.290. The smallest absolute Gasteiger partial charge is 0.333 e. The second kappa shape index (κ2) is 6.07. The average molecular weight is 313 g/mol. The topological polar surface area (TPSA) is 61.2 Å². The molecule has 0 saturated heterocycles. The van der Waals surface area contributed by atoms with Crippen LogP contribution in [0.25, 0.3) is 0 Å². The molecule has 2 rings (SSSR count). The standard InChI is InChI=1S/C13H10Cl2N2O3/c1-20-13(19)10(8-5-3-2-4-6-8)17-7-9(14)16-11(15)12(17)18/h2-7,10H,1H3. The van der Waals surface area contributed by atoms with E-state index in [4.69, 9.17) is 27.9 Å². The van der Waals surface area contributed by atoms with E-state index in [0.717, 1.165) is 4.57 Å². The van der Waals surface area contributed by atoms with Crippen molar-refractivity contribution in [1.29, 1.82) is 0 Å². The van der Waals surface area contributed by atoms with Gasteiger partial charge < -0.3 is 4.74 Å². The van der Waals surface area contributed by atoms with Crippen molar-refractivity contribution in [3.05, 3.63) is 62.8 Å². The number of ether oxygens (including phenoxy) is 1. The lowest BCUT2D eigenvalue weighted by Crippen LogP contribution is -2.32. The fourth-order valence-electron chi connectivity index (χ4n) is 1.80. The molecule has 2 aromatic rings. The summed E-state index contributed by atoms with van der Waals surface area (Å²) in [7, 11) is 1.24. The van der Waals surface area contributed by atoms with E-state index >= 15 is 0 Å². The minimum Gasteiger partial charge on any atom is -0.467 e. The third-order valence-corrected chi connectivity index (χ3v) is 3.11. The van der Waals surface area contributed by atoms with E-state index in [2.05, 4.69) is 4.98 Å². The first-order valence-electron chi connectivity index (χ1n) is 5.61. The summed E-state index contributed by atoms with van der Waals surface area (Å²) in [4.78, 5) is 27.7. The molecule has 0 fully saturated rings. The molecule has 0 aliphatic rings. The molecule has 0 amide bonds. The lowest BCUT2D eigenvalue weighted by molar-refractivity contribution is -0.143. The van der Waals surface area contributed by atoms with Crippen molar-refractivity contribution in [2.45, 2.75) is 6.04 Å². The number of aromatic nitrogens is 2. The maximum Gasteiger partial charge on any atom is 0.333 e. The second-order valence-electron chi connectivity index (χ2n) is 3.90. The largest absolute Gasteiger partial charge is 0.467 e. The summed E-state index contributed by atoms with van der Waals surface area (Å²) in [6.45, 7) is 0. The molecule has 1 heterocycles. The Labute approximate surface area is 124 Å². The van der Waals surface area contributed by atoms with Crippen LogP contribution in [0.15, 0.2) is 41.3 Å². The molecule has 20 heavy (non-hydrogen) atoms. The van der Waals surface area contributed by atoms with Gasteiger partial charge in [0.15, 0.2) is 11.2 Å². The van der Waals surface area contributed by atoms with Gasteiger partial charge in [0.05, 0.1) is 7.11 Å². The predicted molar refractivity (Wildman–Crippen MR) is 75.1 cm³/mol. The molecule has 1 atom stereocenters. The summed E-state index contributed by atoms with van der Waals surface area (Å²) in [6.07, 6.45) is 1.25. The summed E-state index contributed by atoms with van der Waals surface area (Å²) >= 11 is 11.5. The molecule has 1 aromatic carbocycles. The zero-order valence-corrected chi connectivity index (χ0v) is 11.9. The summed E-state index contributed by atoms with van der Waals surface area (Å²) in [5.41, 5.74) is -0.0323. The molecule has 0 saturated carbocycles. The maximum atomic E-state index is 12.1. The lowest BCUT2D eigenvalue weighted by Gasteiger charge is -2.18. The van der Waals surface area contributed by atoms with Gasteiger partial charge in [0.25, 0.3) is 5.56 Å². The number of carbonyl (C=O) groups excluding carboxylic acids is 1. The number of hydrogen-bond donors (Lipinski definition) is 0. The van der Waals surface area contributed by atoms with Crippen molar-refractivity contribution in [1.82, 2.24) is 9.55 Å². The normalized spacial score (nSPS) is 11.9. The highest BCUT2D eigenvalue weighted by Crippen LogP contribution is 2.20. The highest BCUT2D eigenvalue weighted by Gasteiger charge is 2.25. The highest BCUT2D eigenvalue weighted by atomic mass is 35.5. The maximum absolute atomic E-state index is 12.1. The molecule has 5 nitrogen and oxygen atoms in total. The number of carbonyl (C=O) groups is 1. The van der Waals surface area contributed by atoms with Crippen molar-refractivity contribution >= 4 is 29.2 Å². The zero-order chi connectivity index (χ0) is 14.7. The van der Waals surface area contributed by atoms with Crippen LogP contribution >= 0.6 is 23.2 Å². The second-order valence-corrected chi connectivity index (χ2v) is 4.65. The molecule has 0 N–H and O–H groups in total. The molecular formula is C13H10Cl2N2O3. The summed E-state index contributed by atoms with van der Waals surface area (Å²) < 4.78 is 5.86. The Hall–Kier alpha value is -1.85. The van der Waals surface area contributed by atoms with Crippen molar-refractivity contribution in [2.24, 2.45) is 0 Å². The van der Waals surface area contributed by atoms with Crippen LogP contribution in [0.1, 0.15) is 11.6 Å². The van der Waals surface area contributed by atoms with Gasteiger partial charge in [-0.05, 0) is 5.56 Å². The zero-order valence-electron chi connectivity index (χ0n) is 10.4. The Bertz CT molecular complexity index is 686. The fraction of sp³-hybridized carbons (Fsp3) is 0.154. The molecule has 0 spiro atoms. The molecule has 104 valence electrons. The number of rotatable bonds is 3. The van der Waals surface area contributed by atoms with Gasteiger partial charge in [0.1, 0.15) is 5.15 Å². The summed E-state index contributed by atoms with van der Waals surface area (Å²) in [5.74, 6) is -0.600. The third kappa shape index (κ3) is 2.84. The Balaban J connectivity index is 2.65. The Morgan fingerprint density at radius 2 is 1.95 bits per heavy atom. The summed E-state index contributed by atoms with van der Waals surface area (Å²) in [6, 6.07) is 7.74. The predicted octanol–water partition coefficient (Wildman–Crippen LogP) is 2.31. The minimum absolute atomic E-state index is 0.0134. The molecule has 1 unspecified atom stereocenters. The molecule has 1 aromatic heterocycles. The molecular weight excluding hydrogens is 303 g/mol. The van der Waals surface area contributed by atoms with Crippen LogP contribution in [-0.2, 0) is 9.53 Å². The molecule has 0 radical (unpaired) electrons. The minimum atomic E-state index is -0.966. The van der Waals surface area contributed by atoms with Crippen LogP contribution in [0.2, 0.25) is 10.3 Å². The average Bonchev–Trinajstić information content (AvgIpc) is 2.45. The van der Waals surface area contributed by atoms with Gasteiger partial charge in [-0.2, -0.15) is 0 Å². The van der Waals surface area contributed by atoms with Gasteiger partial charge in [-0.25, -0.2) is 9.78 Å². The van der Waals surface area contributed by atoms with Crippen LogP contribution in [0.4, 0.5) is 0 Å². The van der Waals surface area contributed by atoms with Crippen LogP contribution < -0.4 is 5.56 Å². The SMILES string of the molecule is COC(=O)C(c1ccccc1)n1cc(Cl)nc(Cl)c1=O. The van der Waals surface area contributed by atoms with Gasteiger partial charge in [-0.1, -0.05) is 53.5 Å². The number of benzene rings is 1. The van der Waals surface area contributed by atoms with Crippen molar-refractivity contribution in [2.75, 3.05) is 7.11 Å². The van der Waals surface area contributed by atoms with E-state index in [9.17, 15) is 9.59 Å². The number of esters is 1. The van der Waals surface area contributed by atoms with E-state index in [1.165, 1.54) is 13.3 Å². The van der Waals surface area contributed by atoms with Crippen LogP contribution in [0, 0.1) is 0 Å². The van der Waals surface area contributed by atoms with Gasteiger partial charge in [0.2, 0.25) is 0 Å².